The van der Waals surface area contributed by atoms with Crippen LogP contribution in [0.4, 0.5) is 11.4 Å². The quantitative estimate of drug-likeness (QED) is 0.717. The Morgan fingerprint density at radius 2 is 1.74 bits per heavy atom. The minimum atomic E-state index is -0.0173. The van der Waals surface area contributed by atoms with Crippen LogP contribution < -0.4 is 15.5 Å². The highest BCUT2D eigenvalue weighted by Crippen LogP contribution is 2.15. The third kappa shape index (κ3) is 6.22. The number of nitrogens with zero attached hydrogens (tertiary/aromatic N) is 2. The second-order valence-corrected chi connectivity index (χ2v) is 4.97. The lowest BCUT2D eigenvalue weighted by molar-refractivity contribution is -0.115. The first-order valence-electron chi connectivity index (χ1n) is 6.41. The normalized spacial score (nSPS) is 10.6. The Kier molecular flexibility index (Phi) is 6.32. The van der Waals surface area contributed by atoms with Crippen molar-refractivity contribution >= 4 is 17.3 Å². The molecule has 19 heavy (non-hydrogen) atoms. The number of carbonyl (C=O) groups is 1. The van der Waals surface area contributed by atoms with E-state index in [1.807, 2.05) is 57.4 Å². The summed E-state index contributed by atoms with van der Waals surface area (Å²) in [4.78, 5) is 15.8. The molecule has 0 unspecified atom stereocenters. The Balaban J connectivity index is 2.32. The number of hydrogen-bond donors (Lipinski definition) is 2. The van der Waals surface area contributed by atoms with Crippen molar-refractivity contribution in [3.05, 3.63) is 24.3 Å². The lowest BCUT2D eigenvalue weighted by atomic mass is 10.2. The molecule has 0 heterocycles. The van der Waals surface area contributed by atoms with Gasteiger partial charge < -0.3 is 20.4 Å². The molecule has 5 nitrogen and oxygen atoms in total. The Morgan fingerprint density at radius 3 is 2.26 bits per heavy atom. The number of anilines is 2. The molecule has 5 heteroatoms. The van der Waals surface area contributed by atoms with Crippen LogP contribution in [0.5, 0.6) is 0 Å². The molecule has 0 radical (unpaired) electrons. The highest BCUT2D eigenvalue weighted by Gasteiger charge is 2.02. The Morgan fingerprint density at radius 1 is 1.11 bits per heavy atom. The first-order valence-corrected chi connectivity index (χ1v) is 6.41. The molecule has 0 aliphatic heterocycles. The largest absolute Gasteiger partial charge is 0.378 e. The number of nitrogens with one attached hydrogen (secondary N) is 2. The molecule has 106 valence electrons. The number of rotatable bonds is 7. The highest BCUT2D eigenvalue weighted by atomic mass is 16.1. The summed E-state index contributed by atoms with van der Waals surface area (Å²) >= 11 is 0. The van der Waals surface area contributed by atoms with Crippen LogP contribution in [0.1, 0.15) is 0 Å². The molecule has 0 spiro atoms. The van der Waals surface area contributed by atoms with Crippen molar-refractivity contribution in [2.24, 2.45) is 0 Å². The summed E-state index contributed by atoms with van der Waals surface area (Å²) in [5.41, 5.74) is 1.94. The third-order valence-corrected chi connectivity index (χ3v) is 2.69. The van der Waals surface area contributed by atoms with E-state index in [4.69, 9.17) is 0 Å². The van der Waals surface area contributed by atoms with Gasteiger partial charge in [-0.2, -0.15) is 0 Å². The molecular weight excluding hydrogens is 240 g/mol. The van der Waals surface area contributed by atoms with Crippen LogP contribution in [0.15, 0.2) is 24.3 Å². The summed E-state index contributed by atoms with van der Waals surface area (Å²) in [5.74, 6) is -0.0173. The van der Waals surface area contributed by atoms with Crippen molar-refractivity contribution in [2.45, 2.75) is 0 Å². The standard InChI is InChI=1S/C14H24N4O/c1-17(2)10-9-15-11-14(19)16-12-5-7-13(8-6-12)18(3)4/h5-8,15H,9-11H2,1-4H3,(H,16,19). The monoisotopic (exact) mass is 264 g/mol. The summed E-state index contributed by atoms with van der Waals surface area (Å²) in [6.45, 7) is 2.06. The Hall–Kier alpha value is -1.59. The first kappa shape index (κ1) is 15.5. The van der Waals surface area contributed by atoms with E-state index in [2.05, 4.69) is 15.5 Å². The summed E-state index contributed by atoms with van der Waals surface area (Å²) in [5, 5.41) is 5.97. The fourth-order valence-corrected chi connectivity index (χ4v) is 1.55. The number of amides is 1. The minimum absolute atomic E-state index is 0.0173. The van der Waals surface area contributed by atoms with E-state index in [1.165, 1.54) is 0 Å². The molecule has 0 saturated heterocycles. The third-order valence-electron chi connectivity index (χ3n) is 2.69. The lowest BCUT2D eigenvalue weighted by Gasteiger charge is -2.13. The van der Waals surface area contributed by atoms with Gasteiger partial charge in [-0.05, 0) is 38.4 Å². The van der Waals surface area contributed by atoms with Gasteiger partial charge in [-0.3, -0.25) is 4.79 Å². The summed E-state index contributed by atoms with van der Waals surface area (Å²) in [6, 6.07) is 7.78. The second-order valence-electron chi connectivity index (χ2n) is 4.97. The van der Waals surface area contributed by atoms with Crippen LogP contribution in [-0.2, 0) is 4.79 Å². The van der Waals surface area contributed by atoms with Gasteiger partial charge in [0, 0.05) is 38.6 Å². The molecule has 0 aliphatic rings. The van der Waals surface area contributed by atoms with Gasteiger partial charge in [0.25, 0.3) is 0 Å². The zero-order valence-corrected chi connectivity index (χ0v) is 12.2. The van der Waals surface area contributed by atoms with E-state index in [-0.39, 0.29) is 5.91 Å². The van der Waals surface area contributed by atoms with Crippen LogP contribution >= 0.6 is 0 Å². The molecule has 0 fully saturated rings. The van der Waals surface area contributed by atoms with Crippen LogP contribution in [0.2, 0.25) is 0 Å². The zero-order chi connectivity index (χ0) is 14.3. The van der Waals surface area contributed by atoms with Crippen molar-refractivity contribution in [2.75, 3.05) is 58.0 Å². The summed E-state index contributed by atoms with van der Waals surface area (Å²) in [7, 11) is 7.99. The molecule has 1 amide bonds. The van der Waals surface area contributed by atoms with E-state index in [1.54, 1.807) is 0 Å². The maximum atomic E-state index is 11.7. The van der Waals surface area contributed by atoms with Gasteiger partial charge >= 0.3 is 0 Å². The predicted molar refractivity (Wildman–Crippen MR) is 80.8 cm³/mol. The molecule has 1 aromatic carbocycles. The van der Waals surface area contributed by atoms with Gasteiger partial charge in [-0.25, -0.2) is 0 Å². The van der Waals surface area contributed by atoms with Gasteiger partial charge in [0.2, 0.25) is 5.91 Å². The Labute approximate surface area is 115 Å². The summed E-state index contributed by atoms with van der Waals surface area (Å²) < 4.78 is 0. The summed E-state index contributed by atoms with van der Waals surface area (Å²) in [6.07, 6.45) is 0. The highest BCUT2D eigenvalue weighted by molar-refractivity contribution is 5.92. The molecule has 1 rings (SSSR count). The van der Waals surface area contributed by atoms with E-state index >= 15 is 0 Å². The fourth-order valence-electron chi connectivity index (χ4n) is 1.55. The molecule has 0 saturated carbocycles. The SMILES string of the molecule is CN(C)CCNCC(=O)Nc1ccc(N(C)C)cc1. The molecule has 2 N–H and O–H groups in total. The number of hydrogen-bond acceptors (Lipinski definition) is 4. The first-order chi connectivity index (χ1) is 8.99. The number of benzene rings is 1. The van der Waals surface area contributed by atoms with Gasteiger partial charge in [0.05, 0.1) is 6.54 Å². The van der Waals surface area contributed by atoms with Crippen LogP contribution in [0.25, 0.3) is 0 Å². The van der Waals surface area contributed by atoms with Crippen LogP contribution in [0, 0.1) is 0 Å². The minimum Gasteiger partial charge on any atom is -0.378 e. The van der Waals surface area contributed by atoms with Crippen molar-refractivity contribution in [3.63, 3.8) is 0 Å². The lowest BCUT2D eigenvalue weighted by Crippen LogP contribution is -2.33. The van der Waals surface area contributed by atoms with E-state index < -0.39 is 0 Å². The second kappa shape index (κ2) is 7.76. The van der Waals surface area contributed by atoms with Gasteiger partial charge in [0.15, 0.2) is 0 Å². The van der Waals surface area contributed by atoms with Crippen molar-refractivity contribution < 1.29 is 4.79 Å². The average Bonchev–Trinajstić information content (AvgIpc) is 2.35. The number of carbonyl (C=O) groups excluding carboxylic acids is 1. The smallest absolute Gasteiger partial charge is 0.238 e. The number of likely N-dealkylation sites (N-methyl/N-ethyl adjacent to an activating group) is 1. The van der Waals surface area contributed by atoms with E-state index in [9.17, 15) is 4.79 Å². The molecule has 0 bridgehead atoms. The van der Waals surface area contributed by atoms with Crippen molar-refractivity contribution in [1.29, 1.82) is 0 Å². The molecule has 0 aromatic heterocycles. The van der Waals surface area contributed by atoms with Gasteiger partial charge in [0.1, 0.15) is 0 Å². The predicted octanol–water partition coefficient (Wildman–Crippen LogP) is 0.842. The van der Waals surface area contributed by atoms with Gasteiger partial charge in [-0.1, -0.05) is 0 Å². The maximum Gasteiger partial charge on any atom is 0.238 e. The molecule has 0 atom stereocenters. The molecule has 1 aromatic rings. The maximum absolute atomic E-state index is 11.7. The molecule has 0 aliphatic carbocycles. The van der Waals surface area contributed by atoms with Crippen molar-refractivity contribution in [1.82, 2.24) is 10.2 Å². The molecular formula is C14H24N4O. The van der Waals surface area contributed by atoms with Crippen LogP contribution in [-0.4, -0.2) is 58.6 Å². The fraction of sp³-hybridized carbons (Fsp3) is 0.500. The van der Waals surface area contributed by atoms with Gasteiger partial charge in [-0.15, -0.1) is 0 Å². The average molecular weight is 264 g/mol. The topological polar surface area (TPSA) is 47.6 Å². The van der Waals surface area contributed by atoms with Crippen molar-refractivity contribution in [3.8, 4) is 0 Å². The van der Waals surface area contributed by atoms with Crippen LogP contribution in [0.3, 0.4) is 0 Å². The zero-order valence-electron chi connectivity index (χ0n) is 12.2. The van der Waals surface area contributed by atoms with E-state index in [0.29, 0.717) is 6.54 Å². The van der Waals surface area contributed by atoms with E-state index in [0.717, 1.165) is 24.5 Å². The Bertz CT molecular complexity index is 387.